The molecule has 2 aromatic rings. The lowest BCUT2D eigenvalue weighted by molar-refractivity contribution is 0.0547. The summed E-state index contributed by atoms with van der Waals surface area (Å²) in [4.78, 5) is 13.5. The van der Waals surface area contributed by atoms with Gasteiger partial charge in [-0.05, 0) is 25.0 Å². The van der Waals surface area contributed by atoms with Crippen LogP contribution in [0.15, 0.2) is 30.3 Å². The lowest BCUT2D eigenvalue weighted by Gasteiger charge is -2.21. The number of anilines is 2. The highest BCUT2D eigenvalue weighted by Crippen LogP contribution is 2.22. The largest absolute Gasteiger partial charge is 0.424 e. The van der Waals surface area contributed by atoms with E-state index in [4.69, 9.17) is 19.9 Å². The van der Waals surface area contributed by atoms with Gasteiger partial charge in [-0.15, -0.1) is 0 Å². The van der Waals surface area contributed by atoms with Gasteiger partial charge >= 0.3 is 6.01 Å². The van der Waals surface area contributed by atoms with E-state index >= 15 is 0 Å². The first kappa shape index (κ1) is 24.2. The normalized spacial score (nSPS) is 15.0. The topological polar surface area (TPSA) is 116 Å². The van der Waals surface area contributed by atoms with E-state index < -0.39 is 0 Å². The van der Waals surface area contributed by atoms with Gasteiger partial charge < -0.3 is 30.6 Å². The molecule has 1 aliphatic rings. The number of nitrogens with one attached hydrogen (secondary N) is 2. The molecule has 1 saturated carbocycles. The van der Waals surface area contributed by atoms with E-state index in [9.17, 15) is 0 Å². The number of nitrogens with two attached hydrogens (primary N) is 1. The molecular formula is C23H36N6O3. The zero-order chi connectivity index (χ0) is 22.3. The molecule has 0 spiro atoms. The van der Waals surface area contributed by atoms with Crippen molar-refractivity contribution in [2.75, 3.05) is 50.2 Å². The predicted octanol–water partition coefficient (Wildman–Crippen LogP) is 3.59. The molecule has 0 aliphatic heterocycles. The molecule has 0 bridgehead atoms. The van der Waals surface area contributed by atoms with Crippen molar-refractivity contribution >= 4 is 11.9 Å². The Hall–Kier alpha value is -2.49. The van der Waals surface area contributed by atoms with Crippen LogP contribution in [0.3, 0.4) is 0 Å². The third-order valence-electron chi connectivity index (χ3n) is 5.17. The van der Waals surface area contributed by atoms with Crippen molar-refractivity contribution in [2.45, 2.75) is 51.0 Å². The van der Waals surface area contributed by atoms with Crippen LogP contribution in [0.2, 0.25) is 0 Å². The van der Waals surface area contributed by atoms with Gasteiger partial charge in [0.2, 0.25) is 11.9 Å². The van der Waals surface area contributed by atoms with Crippen LogP contribution >= 0.6 is 0 Å². The van der Waals surface area contributed by atoms with E-state index in [-0.39, 0.29) is 6.01 Å². The molecule has 0 saturated heterocycles. The van der Waals surface area contributed by atoms with Crippen LogP contribution in [-0.2, 0) is 9.47 Å². The second kappa shape index (κ2) is 14.5. The minimum absolute atomic E-state index is 0.262. The lowest BCUT2D eigenvalue weighted by Crippen LogP contribution is -2.23. The molecule has 1 fully saturated rings. The summed E-state index contributed by atoms with van der Waals surface area (Å²) in [5.74, 6) is 1.68. The van der Waals surface area contributed by atoms with Gasteiger partial charge in [-0.25, -0.2) is 0 Å². The maximum absolute atomic E-state index is 5.88. The highest BCUT2D eigenvalue weighted by molar-refractivity contribution is 5.37. The van der Waals surface area contributed by atoms with E-state index in [1.54, 1.807) is 0 Å². The Kier molecular flexibility index (Phi) is 11.0. The van der Waals surface area contributed by atoms with Crippen LogP contribution < -0.4 is 21.1 Å². The van der Waals surface area contributed by atoms with Crippen LogP contribution in [0.5, 0.6) is 11.8 Å². The van der Waals surface area contributed by atoms with E-state index in [2.05, 4.69) is 25.6 Å². The average molecular weight is 445 g/mol. The van der Waals surface area contributed by atoms with Gasteiger partial charge in [-0.1, -0.05) is 50.3 Å². The van der Waals surface area contributed by atoms with Crippen molar-refractivity contribution in [2.24, 2.45) is 5.73 Å². The summed E-state index contributed by atoms with van der Waals surface area (Å²) in [6.45, 7) is 3.20. The molecule has 1 aromatic heterocycles. The molecule has 32 heavy (non-hydrogen) atoms. The van der Waals surface area contributed by atoms with Gasteiger partial charge in [0.05, 0.1) is 26.4 Å². The molecule has 1 heterocycles. The monoisotopic (exact) mass is 444 g/mol. The Morgan fingerprint density at radius 3 is 2.25 bits per heavy atom. The smallest absolute Gasteiger partial charge is 0.328 e. The number of aromatic nitrogens is 3. The predicted molar refractivity (Wildman–Crippen MR) is 125 cm³/mol. The van der Waals surface area contributed by atoms with Crippen molar-refractivity contribution in [3.63, 3.8) is 0 Å². The Labute approximate surface area is 190 Å². The molecule has 0 unspecified atom stereocenters. The van der Waals surface area contributed by atoms with Crippen molar-refractivity contribution in [3.05, 3.63) is 30.3 Å². The van der Waals surface area contributed by atoms with Gasteiger partial charge in [0.1, 0.15) is 5.75 Å². The Bertz CT molecular complexity index is 757. The minimum atomic E-state index is 0.262. The molecule has 1 aliphatic carbocycles. The molecule has 0 amide bonds. The second-order valence-corrected chi connectivity index (χ2v) is 7.81. The van der Waals surface area contributed by atoms with Gasteiger partial charge in [0, 0.05) is 19.1 Å². The fourth-order valence-electron chi connectivity index (χ4n) is 3.56. The molecule has 0 atom stereocenters. The maximum Gasteiger partial charge on any atom is 0.328 e. The van der Waals surface area contributed by atoms with Gasteiger partial charge in [-0.2, -0.15) is 15.0 Å². The molecule has 3 rings (SSSR count). The van der Waals surface area contributed by atoms with Crippen LogP contribution in [0.4, 0.5) is 11.9 Å². The van der Waals surface area contributed by atoms with Gasteiger partial charge in [0.25, 0.3) is 0 Å². The van der Waals surface area contributed by atoms with Crippen LogP contribution in [-0.4, -0.2) is 60.5 Å². The summed E-state index contributed by atoms with van der Waals surface area (Å²) in [5.41, 5.74) is 5.39. The molecule has 176 valence electrons. The number of hydrogen-bond donors (Lipinski definition) is 3. The molecule has 0 radical (unpaired) electrons. The summed E-state index contributed by atoms with van der Waals surface area (Å²) in [7, 11) is 0. The summed E-state index contributed by atoms with van der Waals surface area (Å²) in [5, 5.41) is 6.71. The Morgan fingerprint density at radius 1 is 0.812 bits per heavy atom. The highest BCUT2D eigenvalue weighted by Gasteiger charge is 2.15. The molecular weight excluding hydrogens is 408 g/mol. The van der Waals surface area contributed by atoms with Gasteiger partial charge in [-0.3, -0.25) is 0 Å². The van der Waals surface area contributed by atoms with Crippen molar-refractivity contribution in [1.29, 1.82) is 0 Å². The van der Waals surface area contributed by atoms with E-state index in [0.717, 1.165) is 12.8 Å². The maximum atomic E-state index is 5.88. The average Bonchev–Trinajstić information content (AvgIpc) is 2.78. The zero-order valence-corrected chi connectivity index (χ0v) is 18.8. The van der Waals surface area contributed by atoms with Crippen LogP contribution in [0.1, 0.15) is 44.9 Å². The number of rotatable bonds is 13. The van der Waals surface area contributed by atoms with Crippen LogP contribution in [0.25, 0.3) is 0 Å². The van der Waals surface area contributed by atoms with Gasteiger partial charge in [0.15, 0.2) is 0 Å². The van der Waals surface area contributed by atoms with E-state index in [0.29, 0.717) is 63.2 Å². The Morgan fingerprint density at radius 2 is 1.50 bits per heavy atom. The quantitative estimate of drug-likeness (QED) is 0.398. The van der Waals surface area contributed by atoms with Crippen molar-refractivity contribution in [1.82, 2.24) is 15.0 Å². The third kappa shape index (κ3) is 9.33. The highest BCUT2D eigenvalue weighted by atomic mass is 16.5. The number of hydrogen-bond acceptors (Lipinski definition) is 9. The number of ether oxygens (including phenoxy) is 3. The van der Waals surface area contributed by atoms with E-state index in [1.165, 1.54) is 32.1 Å². The van der Waals surface area contributed by atoms with E-state index in [1.807, 2.05) is 30.3 Å². The molecule has 9 nitrogen and oxygen atoms in total. The first-order chi connectivity index (χ1) is 15.8. The summed E-state index contributed by atoms with van der Waals surface area (Å²) in [6.07, 6.45) is 8.64. The first-order valence-electron chi connectivity index (χ1n) is 11.7. The molecule has 1 aromatic carbocycles. The Balaban J connectivity index is 1.58. The summed E-state index contributed by atoms with van der Waals surface area (Å²) in [6, 6.07) is 10.1. The fraction of sp³-hybridized carbons (Fsp3) is 0.609. The molecule has 9 heteroatoms. The van der Waals surface area contributed by atoms with Crippen molar-refractivity contribution in [3.8, 4) is 11.8 Å². The number of benzene rings is 1. The zero-order valence-electron chi connectivity index (χ0n) is 18.8. The fourth-order valence-corrected chi connectivity index (χ4v) is 3.56. The summed E-state index contributed by atoms with van der Waals surface area (Å²) < 4.78 is 16.7. The number of para-hydroxylation sites is 1. The lowest BCUT2D eigenvalue weighted by atomic mass is 9.97. The second-order valence-electron chi connectivity index (χ2n) is 7.81. The third-order valence-corrected chi connectivity index (χ3v) is 5.17. The first-order valence-corrected chi connectivity index (χ1v) is 11.7. The standard InChI is InChI=1S/C23H36N6O3/c24-13-15-30-17-18-31-16-14-25-21-27-22(26-19-9-5-2-1-3-6-10-19)29-23(28-21)32-20-11-7-4-8-12-20/h4,7-8,11-12,19H,1-3,5-6,9-10,13-18,24H2,(H2,25,26,27,28,29). The van der Waals surface area contributed by atoms with Crippen molar-refractivity contribution < 1.29 is 14.2 Å². The van der Waals surface area contributed by atoms with Crippen LogP contribution in [0, 0.1) is 0 Å². The summed E-state index contributed by atoms with van der Waals surface area (Å²) >= 11 is 0. The minimum Gasteiger partial charge on any atom is -0.424 e. The SMILES string of the molecule is NCCOCCOCCNc1nc(NC2CCCCCCC2)nc(Oc2ccccc2)n1. The number of nitrogens with zero attached hydrogens (tertiary/aromatic N) is 3. The molecule has 4 N–H and O–H groups in total.